The Morgan fingerprint density at radius 3 is 3.00 bits per heavy atom. The number of hydrogen-bond donors (Lipinski definition) is 1. The minimum absolute atomic E-state index is 0.840. The maximum Gasteiger partial charge on any atom is 0.122 e. The Balaban J connectivity index is 1.90. The first kappa shape index (κ1) is 13.6. The highest BCUT2D eigenvalue weighted by Crippen LogP contribution is 2.14. The summed E-state index contributed by atoms with van der Waals surface area (Å²) >= 11 is 0. The Hall–Kier alpha value is -0.840. The number of likely N-dealkylation sites (N-methyl/N-ethyl adjacent to an activating group) is 1. The van der Waals surface area contributed by atoms with Crippen LogP contribution in [-0.2, 0) is 13.1 Å². The van der Waals surface area contributed by atoms with Gasteiger partial charge in [0.25, 0.3) is 0 Å². The first-order valence-electron chi connectivity index (χ1n) is 6.96. The molecular weight excluding hydrogens is 226 g/mol. The van der Waals surface area contributed by atoms with Gasteiger partial charge in [-0.15, -0.1) is 0 Å². The fraction of sp³-hybridized carbons (Fsp3) is 0.714. The summed E-state index contributed by atoms with van der Waals surface area (Å²) in [5.41, 5.74) is 1.33. The zero-order valence-electron chi connectivity index (χ0n) is 11.6. The predicted molar refractivity (Wildman–Crippen MR) is 73.5 cm³/mol. The summed E-state index contributed by atoms with van der Waals surface area (Å²) in [5, 5.41) is 3.33. The van der Waals surface area contributed by atoms with Crippen molar-refractivity contribution in [3.05, 3.63) is 23.7 Å². The third-order valence-corrected chi connectivity index (χ3v) is 3.58. The van der Waals surface area contributed by atoms with Gasteiger partial charge in [0.05, 0.1) is 12.8 Å². The first-order valence-corrected chi connectivity index (χ1v) is 6.96. The number of hydrogen-bond acceptors (Lipinski definition) is 4. The van der Waals surface area contributed by atoms with Gasteiger partial charge in [0.15, 0.2) is 0 Å². The normalized spacial score (nSPS) is 19.0. The molecule has 1 aliphatic heterocycles. The molecule has 0 spiro atoms. The largest absolute Gasteiger partial charge is 0.468 e. The fourth-order valence-corrected chi connectivity index (χ4v) is 2.40. The van der Waals surface area contributed by atoms with Crippen molar-refractivity contribution >= 4 is 0 Å². The molecule has 1 aromatic rings. The van der Waals surface area contributed by atoms with Crippen molar-refractivity contribution in [3.8, 4) is 0 Å². The van der Waals surface area contributed by atoms with Crippen LogP contribution in [0.25, 0.3) is 0 Å². The molecule has 0 amide bonds. The molecule has 18 heavy (non-hydrogen) atoms. The fourth-order valence-electron chi connectivity index (χ4n) is 2.40. The average Bonchev–Trinajstić information content (AvgIpc) is 2.70. The lowest BCUT2D eigenvalue weighted by atomic mass is 10.2. The molecule has 0 radical (unpaired) electrons. The maximum absolute atomic E-state index is 5.56. The van der Waals surface area contributed by atoms with Gasteiger partial charge in [-0.2, -0.15) is 0 Å². The quantitative estimate of drug-likeness (QED) is 0.860. The van der Waals surface area contributed by atoms with E-state index in [0.29, 0.717) is 0 Å². The van der Waals surface area contributed by atoms with E-state index in [2.05, 4.69) is 35.2 Å². The molecular formula is C14H25N3O. The second kappa shape index (κ2) is 6.92. The van der Waals surface area contributed by atoms with E-state index >= 15 is 0 Å². The van der Waals surface area contributed by atoms with Crippen LogP contribution in [-0.4, -0.2) is 49.6 Å². The van der Waals surface area contributed by atoms with Crippen molar-refractivity contribution in [1.82, 2.24) is 15.1 Å². The molecule has 102 valence electrons. The highest BCUT2D eigenvalue weighted by atomic mass is 16.3. The van der Waals surface area contributed by atoms with Crippen molar-refractivity contribution in [3.63, 3.8) is 0 Å². The van der Waals surface area contributed by atoms with Crippen LogP contribution >= 0.6 is 0 Å². The molecule has 0 aliphatic carbocycles. The van der Waals surface area contributed by atoms with Crippen molar-refractivity contribution < 1.29 is 4.42 Å². The Labute approximate surface area is 110 Å². The second-order valence-electron chi connectivity index (χ2n) is 5.08. The molecule has 4 nitrogen and oxygen atoms in total. The van der Waals surface area contributed by atoms with Crippen LogP contribution in [0.2, 0.25) is 0 Å². The summed E-state index contributed by atoms with van der Waals surface area (Å²) in [5.74, 6) is 1.09. The van der Waals surface area contributed by atoms with Gasteiger partial charge in [-0.05, 0) is 39.2 Å². The minimum Gasteiger partial charge on any atom is -0.468 e. The monoisotopic (exact) mass is 251 g/mol. The molecule has 0 atom stereocenters. The predicted octanol–water partition coefficient (Wildman–Crippen LogP) is 1.53. The van der Waals surface area contributed by atoms with E-state index in [1.54, 1.807) is 0 Å². The molecule has 1 aromatic heterocycles. The Morgan fingerprint density at radius 1 is 1.28 bits per heavy atom. The first-order chi connectivity index (χ1) is 8.79. The van der Waals surface area contributed by atoms with E-state index in [-0.39, 0.29) is 0 Å². The molecule has 2 rings (SSSR count). The molecule has 0 unspecified atom stereocenters. The highest BCUT2D eigenvalue weighted by Gasteiger charge is 2.14. The second-order valence-corrected chi connectivity index (χ2v) is 5.08. The lowest BCUT2D eigenvalue weighted by Crippen LogP contribution is -2.28. The zero-order valence-corrected chi connectivity index (χ0v) is 11.6. The van der Waals surface area contributed by atoms with Gasteiger partial charge in [0.1, 0.15) is 5.76 Å². The van der Waals surface area contributed by atoms with E-state index in [1.165, 1.54) is 31.6 Å². The summed E-state index contributed by atoms with van der Waals surface area (Å²) in [7, 11) is 2.21. The van der Waals surface area contributed by atoms with Crippen molar-refractivity contribution in [2.75, 3.05) is 39.8 Å². The number of rotatable bonds is 5. The summed E-state index contributed by atoms with van der Waals surface area (Å²) in [6, 6.07) is 2.11. The van der Waals surface area contributed by atoms with Crippen molar-refractivity contribution in [1.29, 1.82) is 0 Å². The summed E-state index contributed by atoms with van der Waals surface area (Å²) < 4.78 is 5.56. The molecule has 2 heterocycles. The molecule has 1 N–H and O–H groups in total. The lowest BCUT2D eigenvalue weighted by Gasteiger charge is -2.19. The van der Waals surface area contributed by atoms with Gasteiger partial charge in [0, 0.05) is 25.2 Å². The maximum atomic E-state index is 5.56. The Bertz CT molecular complexity index is 351. The van der Waals surface area contributed by atoms with Gasteiger partial charge < -0.3 is 14.6 Å². The number of furan rings is 1. The van der Waals surface area contributed by atoms with Crippen molar-refractivity contribution in [2.45, 2.75) is 26.4 Å². The van der Waals surface area contributed by atoms with Crippen LogP contribution in [0.3, 0.4) is 0 Å². The van der Waals surface area contributed by atoms with Gasteiger partial charge in [-0.3, -0.25) is 4.90 Å². The zero-order chi connectivity index (χ0) is 12.8. The molecule has 0 aromatic carbocycles. The summed E-state index contributed by atoms with van der Waals surface area (Å²) in [4.78, 5) is 4.94. The molecule has 0 bridgehead atoms. The minimum atomic E-state index is 0.840. The SMILES string of the molecule is CCNCc1occc1CN1CCCN(C)CC1. The van der Waals surface area contributed by atoms with E-state index in [9.17, 15) is 0 Å². The topological polar surface area (TPSA) is 31.7 Å². The number of nitrogens with one attached hydrogen (secondary N) is 1. The smallest absolute Gasteiger partial charge is 0.122 e. The van der Waals surface area contributed by atoms with Gasteiger partial charge in [0.2, 0.25) is 0 Å². The molecule has 1 fully saturated rings. The third-order valence-electron chi connectivity index (χ3n) is 3.58. The van der Waals surface area contributed by atoms with E-state index in [0.717, 1.165) is 31.9 Å². The van der Waals surface area contributed by atoms with E-state index in [1.807, 2.05) is 6.26 Å². The Kier molecular flexibility index (Phi) is 5.23. The lowest BCUT2D eigenvalue weighted by molar-refractivity contribution is 0.267. The van der Waals surface area contributed by atoms with Crippen LogP contribution in [0.4, 0.5) is 0 Å². The molecule has 1 saturated heterocycles. The van der Waals surface area contributed by atoms with Crippen LogP contribution in [0.1, 0.15) is 24.7 Å². The molecule has 1 aliphatic rings. The summed E-state index contributed by atoms with van der Waals surface area (Å²) in [6.45, 7) is 9.69. The molecule has 0 saturated carbocycles. The van der Waals surface area contributed by atoms with E-state index in [4.69, 9.17) is 4.42 Å². The third kappa shape index (κ3) is 3.83. The highest BCUT2D eigenvalue weighted by molar-refractivity contribution is 5.16. The van der Waals surface area contributed by atoms with Gasteiger partial charge >= 0.3 is 0 Å². The van der Waals surface area contributed by atoms with Gasteiger partial charge in [-0.25, -0.2) is 0 Å². The van der Waals surface area contributed by atoms with Crippen molar-refractivity contribution in [2.24, 2.45) is 0 Å². The van der Waals surface area contributed by atoms with E-state index < -0.39 is 0 Å². The number of nitrogens with zero attached hydrogens (tertiary/aromatic N) is 2. The Morgan fingerprint density at radius 2 is 2.17 bits per heavy atom. The van der Waals surface area contributed by atoms with Crippen LogP contribution in [0.5, 0.6) is 0 Å². The van der Waals surface area contributed by atoms with Crippen LogP contribution < -0.4 is 5.32 Å². The van der Waals surface area contributed by atoms with Gasteiger partial charge in [-0.1, -0.05) is 6.92 Å². The average molecular weight is 251 g/mol. The standard InChI is InChI=1S/C14H25N3O/c1-3-15-11-14-13(5-10-18-14)12-17-7-4-6-16(2)8-9-17/h5,10,15H,3-4,6-9,11-12H2,1-2H3. The van der Waals surface area contributed by atoms with Crippen LogP contribution in [0.15, 0.2) is 16.7 Å². The summed E-state index contributed by atoms with van der Waals surface area (Å²) in [6.07, 6.45) is 3.07. The molecule has 4 heteroatoms. The van der Waals surface area contributed by atoms with Crippen LogP contribution in [0, 0.1) is 0 Å².